The van der Waals surface area contributed by atoms with Crippen LogP contribution in [0.25, 0.3) is 0 Å². The summed E-state index contributed by atoms with van der Waals surface area (Å²) in [6.45, 7) is 4.80. The van der Waals surface area contributed by atoms with Crippen molar-refractivity contribution in [3.63, 3.8) is 0 Å². The van der Waals surface area contributed by atoms with Crippen LogP contribution in [-0.4, -0.2) is 38.6 Å². The summed E-state index contributed by atoms with van der Waals surface area (Å²) in [4.78, 5) is 14.6. The topological polar surface area (TPSA) is 44.4 Å². The number of nitrogens with one attached hydrogen (secondary N) is 2. The lowest BCUT2D eigenvalue weighted by Crippen LogP contribution is -2.42. The maximum Gasteiger partial charge on any atom is 0.224 e. The molecule has 2 heterocycles. The highest BCUT2D eigenvalue weighted by Crippen LogP contribution is 2.25. The molecule has 5 heteroatoms. The first kappa shape index (κ1) is 15.8. The molecule has 22 heavy (non-hydrogen) atoms. The van der Waals surface area contributed by atoms with Gasteiger partial charge in [-0.15, -0.1) is 0 Å². The predicted molar refractivity (Wildman–Crippen MR) is 93.1 cm³/mol. The molecule has 2 atom stereocenters. The van der Waals surface area contributed by atoms with E-state index < -0.39 is 0 Å². The largest absolute Gasteiger partial charge is 0.371 e. The number of carbonyl (C=O) groups is 1. The van der Waals surface area contributed by atoms with E-state index in [-0.39, 0.29) is 11.8 Å². The Bertz CT molecular complexity index is 499. The number of nitrogens with zero attached hydrogens (tertiary/aromatic N) is 1. The Morgan fingerprint density at radius 3 is 2.86 bits per heavy atom. The number of hydrogen-bond acceptors (Lipinski definition) is 3. The normalized spacial score (nSPS) is 25.2. The first-order valence-electron chi connectivity index (χ1n) is 8.21. The van der Waals surface area contributed by atoms with Gasteiger partial charge in [-0.05, 0) is 56.0 Å². The number of hydrogen-bond donors (Lipinski definition) is 2. The molecule has 2 saturated heterocycles. The Kier molecular flexibility index (Phi) is 5.37. The van der Waals surface area contributed by atoms with Gasteiger partial charge in [-0.1, -0.05) is 15.9 Å². The van der Waals surface area contributed by atoms with Crippen LogP contribution in [0.15, 0.2) is 28.7 Å². The molecule has 0 radical (unpaired) electrons. The average molecular weight is 366 g/mol. The summed E-state index contributed by atoms with van der Waals surface area (Å²) in [5.41, 5.74) is 1.27. The van der Waals surface area contributed by atoms with Crippen LogP contribution >= 0.6 is 15.9 Å². The van der Waals surface area contributed by atoms with Crippen LogP contribution in [0.4, 0.5) is 5.69 Å². The molecule has 2 fully saturated rings. The smallest absolute Gasteiger partial charge is 0.224 e. The SMILES string of the molecule is O=C(NCC1CCN(c2ccc(Br)cc2)C1)C1CCCNC1. The lowest BCUT2D eigenvalue weighted by Gasteiger charge is -2.23. The third-order valence-electron chi connectivity index (χ3n) is 4.71. The van der Waals surface area contributed by atoms with E-state index in [0.29, 0.717) is 5.92 Å². The molecule has 0 saturated carbocycles. The van der Waals surface area contributed by atoms with E-state index in [1.165, 1.54) is 5.69 Å². The number of amides is 1. The molecule has 0 bridgehead atoms. The van der Waals surface area contributed by atoms with E-state index in [1.54, 1.807) is 0 Å². The maximum atomic E-state index is 12.2. The van der Waals surface area contributed by atoms with Gasteiger partial charge in [-0.2, -0.15) is 0 Å². The van der Waals surface area contributed by atoms with E-state index in [1.807, 2.05) is 0 Å². The van der Waals surface area contributed by atoms with Crippen LogP contribution in [0.3, 0.4) is 0 Å². The van der Waals surface area contributed by atoms with Gasteiger partial charge in [0.05, 0.1) is 5.92 Å². The van der Waals surface area contributed by atoms with Crippen LogP contribution < -0.4 is 15.5 Å². The standard InChI is InChI=1S/C17H24BrN3O/c18-15-3-5-16(6-4-15)21-9-7-13(12-21)10-20-17(22)14-2-1-8-19-11-14/h3-6,13-14,19H,1-2,7-12H2,(H,20,22). The first-order valence-corrected chi connectivity index (χ1v) is 9.00. The van der Waals surface area contributed by atoms with E-state index in [0.717, 1.165) is 56.5 Å². The third-order valence-corrected chi connectivity index (χ3v) is 5.24. The number of halogens is 1. The molecule has 4 nitrogen and oxygen atoms in total. The summed E-state index contributed by atoms with van der Waals surface area (Å²) in [7, 11) is 0. The lowest BCUT2D eigenvalue weighted by atomic mass is 9.98. The van der Waals surface area contributed by atoms with E-state index >= 15 is 0 Å². The number of rotatable bonds is 4. The van der Waals surface area contributed by atoms with Crippen LogP contribution in [-0.2, 0) is 4.79 Å². The Morgan fingerprint density at radius 2 is 2.14 bits per heavy atom. The number of anilines is 1. The zero-order chi connectivity index (χ0) is 15.4. The summed E-state index contributed by atoms with van der Waals surface area (Å²) >= 11 is 3.47. The Hall–Kier alpha value is -1.07. The molecule has 1 amide bonds. The van der Waals surface area contributed by atoms with Gasteiger partial charge >= 0.3 is 0 Å². The van der Waals surface area contributed by atoms with Crippen molar-refractivity contribution in [1.29, 1.82) is 0 Å². The van der Waals surface area contributed by atoms with Gasteiger partial charge in [0.15, 0.2) is 0 Å². The summed E-state index contributed by atoms with van der Waals surface area (Å²) in [6, 6.07) is 8.47. The fraction of sp³-hybridized carbons (Fsp3) is 0.588. The molecular formula is C17H24BrN3O. The molecule has 0 aromatic heterocycles. The van der Waals surface area contributed by atoms with Gasteiger partial charge in [0, 0.05) is 36.3 Å². The summed E-state index contributed by atoms with van der Waals surface area (Å²) in [5.74, 6) is 0.955. The zero-order valence-electron chi connectivity index (χ0n) is 12.9. The average Bonchev–Trinajstić information content (AvgIpc) is 3.03. The minimum Gasteiger partial charge on any atom is -0.371 e. The summed E-state index contributed by atoms with van der Waals surface area (Å²) in [5, 5.41) is 6.47. The Balaban J connectivity index is 1.44. The molecule has 2 unspecified atom stereocenters. The van der Waals surface area contributed by atoms with Crippen molar-refractivity contribution in [3.05, 3.63) is 28.7 Å². The molecule has 1 aromatic rings. The van der Waals surface area contributed by atoms with Crippen molar-refractivity contribution >= 4 is 27.5 Å². The monoisotopic (exact) mass is 365 g/mol. The number of piperidine rings is 1. The van der Waals surface area contributed by atoms with Crippen LogP contribution in [0, 0.1) is 11.8 Å². The van der Waals surface area contributed by atoms with Crippen molar-refractivity contribution in [2.75, 3.05) is 37.6 Å². The van der Waals surface area contributed by atoms with Gasteiger partial charge in [0.2, 0.25) is 5.91 Å². The molecule has 2 aliphatic heterocycles. The van der Waals surface area contributed by atoms with Crippen LogP contribution in [0.1, 0.15) is 19.3 Å². The second-order valence-corrected chi connectivity index (χ2v) is 7.28. The van der Waals surface area contributed by atoms with Gasteiger partial charge in [0.1, 0.15) is 0 Å². The maximum absolute atomic E-state index is 12.2. The number of carbonyl (C=O) groups excluding carboxylic acids is 1. The predicted octanol–water partition coefficient (Wildman–Crippen LogP) is 2.39. The second kappa shape index (κ2) is 7.47. The van der Waals surface area contributed by atoms with Crippen molar-refractivity contribution in [2.24, 2.45) is 11.8 Å². The highest BCUT2D eigenvalue weighted by atomic mass is 79.9. The fourth-order valence-corrected chi connectivity index (χ4v) is 3.61. The highest BCUT2D eigenvalue weighted by Gasteiger charge is 2.25. The van der Waals surface area contributed by atoms with Crippen molar-refractivity contribution in [1.82, 2.24) is 10.6 Å². The Labute approximate surface area is 140 Å². The minimum atomic E-state index is 0.165. The first-order chi connectivity index (χ1) is 10.7. The van der Waals surface area contributed by atoms with E-state index in [2.05, 4.69) is 55.7 Å². The third kappa shape index (κ3) is 4.02. The van der Waals surface area contributed by atoms with Gasteiger partial charge in [-0.25, -0.2) is 0 Å². The van der Waals surface area contributed by atoms with Gasteiger partial charge in [-0.3, -0.25) is 4.79 Å². The molecule has 3 rings (SSSR count). The minimum absolute atomic E-state index is 0.165. The van der Waals surface area contributed by atoms with Crippen molar-refractivity contribution < 1.29 is 4.79 Å². The molecule has 0 spiro atoms. The van der Waals surface area contributed by atoms with Crippen molar-refractivity contribution in [3.8, 4) is 0 Å². The summed E-state index contributed by atoms with van der Waals surface area (Å²) < 4.78 is 1.11. The molecule has 2 aliphatic rings. The molecule has 1 aromatic carbocycles. The number of benzene rings is 1. The lowest BCUT2D eigenvalue weighted by molar-refractivity contribution is -0.125. The van der Waals surface area contributed by atoms with E-state index in [4.69, 9.17) is 0 Å². The van der Waals surface area contributed by atoms with Crippen LogP contribution in [0.5, 0.6) is 0 Å². The quantitative estimate of drug-likeness (QED) is 0.860. The fourth-order valence-electron chi connectivity index (χ4n) is 3.35. The summed E-state index contributed by atoms with van der Waals surface area (Å²) in [6.07, 6.45) is 3.28. The van der Waals surface area contributed by atoms with Crippen LogP contribution in [0.2, 0.25) is 0 Å². The van der Waals surface area contributed by atoms with Gasteiger partial charge in [0.25, 0.3) is 0 Å². The molecule has 2 N–H and O–H groups in total. The van der Waals surface area contributed by atoms with Crippen molar-refractivity contribution in [2.45, 2.75) is 19.3 Å². The second-order valence-electron chi connectivity index (χ2n) is 6.37. The molecule has 120 valence electrons. The molecular weight excluding hydrogens is 342 g/mol. The highest BCUT2D eigenvalue weighted by molar-refractivity contribution is 9.10. The molecule has 0 aliphatic carbocycles. The Morgan fingerprint density at radius 1 is 1.32 bits per heavy atom. The zero-order valence-corrected chi connectivity index (χ0v) is 14.4. The van der Waals surface area contributed by atoms with E-state index in [9.17, 15) is 4.79 Å². The van der Waals surface area contributed by atoms with Gasteiger partial charge < -0.3 is 15.5 Å².